The van der Waals surface area contributed by atoms with Gasteiger partial charge >= 0.3 is 14.2 Å². The van der Waals surface area contributed by atoms with E-state index in [1.807, 2.05) is 13.8 Å². The summed E-state index contributed by atoms with van der Waals surface area (Å²) in [5.41, 5.74) is 1.31. The summed E-state index contributed by atoms with van der Waals surface area (Å²) in [6.45, 7) is 5.39. The van der Waals surface area contributed by atoms with Gasteiger partial charge in [0.2, 0.25) is 0 Å². The third-order valence-electron chi connectivity index (χ3n) is 1.85. The number of allylic oxidation sites excluding steroid dienone is 1. The van der Waals surface area contributed by atoms with Crippen LogP contribution in [0.1, 0.15) is 33.6 Å². The van der Waals surface area contributed by atoms with E-state index in [0.717, 1.165) is 18.4 Å². The standard InChI is InChI=1S/C8H13O4P/c1-4-7(5-2)6(3)8(9)12-13(10)11/h4-5H2,1-3H3. The Morgan fingerprint density at radius 3 is 2.15 bits per heavy atom. The SMILES string of the molecule is CCC(CC)=C(C)C(=O)O[P+](=O)[O-]. The smallest absolute Gasteiger partial charge is 0.542 e. The molecule has 1 unspecified atom stereocenters. The zero-order valence-electron chi connectivity index (χ0n) is 7.99. The predicted octanol–water partition coefficient (Wildman–Crippen LogP) is 1.68. The summed E-state index contributed by atoms with van der Waals surface area (Å²) < 4.78 is 14.1. The Balaban J connectivity index is 4.55. The summed E-state index contributed by atoms with van der Waals surface area (Å²) >= 11 is 0. The fourth-order valence-electron chi connectivity index (χ4n) is 1.06. The molecule has 0 spiro atoms. The van der Waals surface area contributed by atoms with E-state index < -0.39 is 14.2 Å². The van der Waals surface area contributed by atoms with Gasteiger partial charge in [0.25, 0.3) is 0 Å². The summed E-state index contributed by atoms with van der Waals surface area (Å²) in [4.78, 5) is 21.1. The van der Waals surface area contributed by atoms with Crippen molar-refractivity contribution in [1.82, 2.24) is 0 Å². The van der Waals surface area contributed by atoms with Crippen LogP contribution in [0, 0.1) is 0 Å². The van der Waals surface area contributed by atoms with E-state index in [9.17, 15) is 14.3 Å². The first-order valence-corrected chi connectivity index (χ1v) is 5.17. The average molecular weight is 204 g/mol. The Labute approximate surface area is 78.6 Å². The van der Waals surface area contributed by atoms with Crippen molar-refractivity contribution in [1.29, 1.82) is 0 Å². The minimum Gasteiger partial charge on any atom is -0.558 e. The van der Waals surface area contributed by atoms with Crippen LogP contribution >= 0.6 is 8.25 Å². The third-order valence-corrected chi connectivity index (χ3v) is 2.16. The molecule has 0 saturated carbocycles. The van der Waals surface area contributed by atoms with Crippen molar-refractivity contribution < 1.29 is 18.8 Å². The average Bonchev–Trinajstić information content (AvgIpc) is 2.05. The monoisotopic (exact) mass is 204 g/mol. The number of carbonyl (C=O) groups excluding carboxylic acids is 1. The Morgan fingerprint density at radius 1 is 1.38 bits per heavy atom. The van der Waals surface area contributed by atoms with Crippen LogP contribution in [0.5, 0.6) is 0 Å². The second-order valence-electron chi connectivity index (χ2n) is 2.54. The van der Waals surface area contributed by atoms with Crippen LogP contribution in [0.25, 0.3) is 0 Å². The summed E-state index contributed by atoms with van der Waals surface area (Å²) in [5, 5.41) is 0. The van der Waals surface area contributed by atoms with Crippen molar-refractivity contribution >= 4 is 14.2 Å². The number of hydrogen-bond donors (Lipinski definition) is 0. The van der Waals surface area contributed by atoms with Crippen molar-refractivity contribution in [3.05, 3.63) is 11.1 Å². The van der Waals surface area contributed by atoms with Crippen molar-refractivity contribution in [3.63, 3.8) is 0 Å². The van der Waals surface area contributed by atoms with Crippen LogP contribution in [-0.4, -0.2) is 5.97 Å². The van der Waals surface area contributed by atoms with Crippen molar-refractivity contribution in [2.24, 2.45) is 0 Å². The molecule has 0 aromatic carbocycles. The zero-order chi connectivity index (χ0) is 10.4. The fraction of sp³-hybridized carbons (Fsp3) is 0.625. The lowest BCUT2D eigenvalue weighted by Crippen LogP contribution is -2.06. The Bertz CT molecular complexity index is 239. The quantitative estimate of drug-likeness (QED) is 0.516. The Morgan fingerprint density at radius 2 is 1.85 bits per heavy atom. The molecule has 0 amide bonds. The van der Waals surface area contributed by atoms with E-state index in [2.05, 4.69) is 4.52 Å². The highest BCUT2D eigenvalue weighted by atomic mass is 31.1. The molecule has 5 heteroatoms. The van der Waals surface area contributed by atoms with Crippen molar-refractivity contribution in [2.45, 2.75) is 33.6 Å². The zero-order valence-corrected chi connectivity index (χ0v) is 8.89. The number of carbonyl (C=O) groups is 1. The molecule has 0 fully saturated rings. The van der Waals surface area contributed by atoms with E-state index in [4.69, 9.17) is 0 Å². The number of rotatable bonds is 4. The molecule has 4 nitrogen and oxygen atoms in total. The molecule has 0 aromatic rings. The van der Waals surface area contributed by atoms with Crippen molar-refractivity contribution in [2.75, 3.05) is 0 Å². The van der Waals surface area contributed by atoms with Crippen molar-refractivity contribution in [3.8, 4) is 0 Å². The molecule has 0 aromatic heterocycles. The van der Waals surface area contributed by atoms with Gasteiger partial charge in [-0.05, 0) is 24.3 Å². The van der Waals surface area contributed by atoms with Crippen LogP contribution in [0.15, 0.2) is 11.1 Å². The van der Waals surface area contributed by atoms with Gasteiger partial charge in [-0.1, -0.05) is 19.4 Å². The van der Waals surface area contributed by atoms with Gasteiger partial charge in [-0.25, -0.2) is 9.32 Å². The van der Waals surface area contributed by atoms with Gasteiger partial charge in [0, 0.05) is 5.57 Å². The fourth-order valence-corrected chi connectivity index (χ4v) is 1.33. The molecule has 0 aliphatic rings. The van der Waals surface area contributed by atoms with Gasteiger partial charge in [-0.3, -0.25) is 0 Å². The number of hydrogen-bond acceptors (Lipinski definition) is 4. The molecule has 0 saturated heterocycles. The topological polar surface area (TPSA) is 66.4 Å². The highest BCUT2D eigenvalue weighted by molar-refractivity contribution is 7.31. The Kier molecular flexibility index (Phi) is 5.51. The molecule has 0 radical (unpaired) electrons. The minimum atomic E-state index is -3.09. The lowest BCUT2D eigenvalue weighted by atomic mass is 10.1. The van der Waals surface area contributed by atoms with Crippen LogP contribution in [-0.2, 0) is 13.9 Å². The summed E-state index contributed by atoms with van der Waals surface area (Å²) in [6, 6.07) is 0. The normalized spacial score (nSPS) is 10.6. The third kappa shape index (κ3) is 4.15. The minimum absolute atomic E-state index is 0.393. The maximum Gasteiger partial charge on any atom is 0.542 e. The molecule has 0 N–H and O–H groups in total. The van der Waals surface area contributed by atoms with Gasteiger partial charge in [0.1, 0.15) is 0 Å². The maximum atomic E-state index is 11.0. The first-order valence-electron chi connectivity index (χ1n) is 4.08. The lowest BCUT2D eigenvalue weighted by molar-refractivity contribution is -0.187. The molecule has 0 aliphatic carbocycles. The highest BCUT2D eigenvalue weighted by Crippen LogP contribution is 2.18. The molecule has 74 valence electrons. The predicted molar refractivity (Wildman–Crippen MR) is 47.0 cm³/mol. The van der Waals surface area contributed by atoms with E-state index in [1.54, 1.807) is 6.92 Å². The molecule has 0 bridgehead atoms. The molecular weight excluding hydrogens is 191 g/mol. The summed E-state index contributed by atoms with van der Waals surface area (Å²) in [6.07, 6.45) is 1.46. The van der Waals surface area contributed by atoms with Crippen LogP contribution in [0.3, 0.4) is 0 Å². The second kappa shape index (κ2) is 5.84. The molecule has 0 aliphatic heterocycles. The largest absolute Gasteiger partial charge is 0.558 e. The second-order valence-corrected chi connectivity index (χ2v) is 3.17. The van der Waals surface area contributed by atoms with Gasteiger partial charge in [0.05, 0.1) is 0 Å². The van der Waals surface area contributed by atoms with Gasteiger partial charge in [-0.15, -0.1) is 0 Å². The highest BCUT2D eigenvalue weighted by Gasteiger charge is 2.16. The molecule has 0 heterocycles. The van der Waals surface area contributed by atoms with Gasteiger partial charge in [0.15, 0.2) is 0 Å². The molecule has 0 rings (SSSR count). The molecular formula is C8H13O4P. The Hall–Kier alpha value is -0.730. The van der Waals surface area contributed by atoms with E-state index in [1.165, 1.54) is 0 Å². The molecule has 1 atom stereocenters. The first-order chi connectivity index (χ1) is 6.02. The summed E-state index contributed by atoms with van der Waals surface area (Å²) in [5.74, 6) is -0.769. The maximum absolute atomic E-state index is 11.0. The molecule has 13 heavy (non-hydrogen) atoms. The van der Waals surface area contributed by atoms with E-state index in [0.29, 0.717) is 5.57 Å². The summed E-state index contributed by atoms with van der Waals surface area (Å²) in [7, 11) is -3.09. The van der Waals surface area contributed by atoms with Crippen LogP contribution < -0.4 is 4.89 Å². The van der Waals surface area contributed by atoms with Crippen LogP contribution in [0.4, 0.5) is 0 Å². The lowest BCUT2D eigenvalue weighted by Gasteiger charge is -2.03. The van der Waals surface area contributed by atoms with E-state index >= 15 is 0 Å². The van der Waals surface area contributed by atoms with E-state index in [-0.39, 0.29) is 0 Å². The van der Waals surface area contributed by atoms with Gasteiger partial charge < -0.3 is 4.89 Å². The van der Waals surface area contributed by atoms with Crippen LogP contribution in [0.2, 0.25) is 0 Å². The first kappa shape index (κ1) is 12.3. The van der Waals surface area contributed by atoms with Gasteiger partial charge in [-0.2, -0.15) is 0 Å².